The van der Waals surface area contributed by atoms with Crippen LogP contribution in [0.3, 0.4) is 0 Å². The Bertz CT molecular complexity index is 1780. The number of piperidine rings is 2. The molecular formula is C33H34ClN5O2S. The molecule has 2 atom stereocenters. The molecule has 3 aliphatic rings. The molecule has 0 N–H and O–H groups in total. The first-order valence-electron chi connectivity index (χ1n) is 14.7. The lowest BCUT2D eigenvalue weighted by Crippen LogP contribution is -2.44. The summed E-state index contributed by atoms with van der Waals surface area (Å²) in [5.41, 5.74) is 3.23. The van der Waals surface area contributed by atoms with Gasteiger partial charge in [-0.25, -0.2) is 0 Å². The number of thiophene rings is 1. The van der Waals surface area contributed by atoms with Crippen LogP contribution in [-0.4, -0.2) is 50.3 Å². The first-order chi connectivity index (χ1) is 20.0. The molecule has 1 aromatic carbocycles. The molecule has 0 radical (unpaired) electrons. The van der Waals surface area contributed by atoms with Crippen LogP contribution in [0, 0.1) is 34.0 Å². The molecule has 3 aromatic heterocycles. The van der Waals surface area contributed by atoms with E-state index in [2.05, 4.69) is 46.6 Å². The van der Waals surface area contributed by atoms with Crippen molar-refractivity contribution < 1.29 is 9.59 Å². The maximum absolute atomic E-state index is 13.0. The third-order valence-electron chi connectivity index (χ3n) is 9.98. The smallest absolute Gasteiger partial charge is 0.234 e. The van der Waals surface area contributed by atoms with Crippen LogP contribution in [0.25, 0.3) is 32.2 Å². The average Bonchev–Trinajstić information content (AvgIpc) is 3.30. The second-order valence-corrected chi connectivity index (χ2v) is 14.8. The Morgan fingerprint density at radius 1 is 1.10 bits per heavy atom. The second kappa shape index (κ2) is 9.63. The van der Waals surface area contributed by atoms with E-state index >= 15 is 0 Å². The number of nitriles is 1. The fourth-order valence-electron chi connectivity index (χ4n) is 7.34. The van der Waals surface area contributed by atoms with Gasteiger partial charge >= 0.3 is 0 Å². The number of aromatic nitrogens is 2. The fourth-order valence-corrected chi connectivity index (χ4v) is 8.70. The van der Waals surface area contributed by atoms with Gasteiger partial charge in [0.25, 0.3) is 0 Å². The molecule has 1 aliphatic carbocycles. The molecule has 0 spiro atoms. The monoisotopic (exact) mass is 599 g/mol. The molecular weight excluding hydrogens is 566 g/mol. The third kappa shape index (κ3) is 4.20. The number of benzene rings is 1. The highest BCUT2D eigenvalue weighted by molar-refractivity contribution is 7.19. The van der Waals surface area contributed by atoms with Gasteiger partial charge in [-0.3, -0.25) is 19.5 Å². The van der Waals surface area contributed by atoms with Crippen molar-refractivity contribution in [2.24, 2.45) is 22.7 Å². The Labute approximate surface area is 254 Å². The molecule has 4 aromatic rings. The summed E-state index contributed by atoms with van der Waals surface area (Å²) in [6, 6.07) is 13.2. The van der Waals surface area contributed by atoms with Crippen LogP contribution in [0.4, 0.5) is 0 Å². The van der Waals surface area contributed by atoms with Crippen LogP contribution in [0.15, 0.2) is 42.7 Å². The lowest BCUT2D eigenvalue weighted by molar-refractivity contribution is -0.143. The van der Waals surface area contributed by atoms with E-state index in [1.165, 1.54) is 4.90 Å². The number of rotatable bonds is 6. The number of likely N-dealkylation sites (tertiary alicyclic amines) is 2. The Kier molecular flexibility index (Phi) is 6.32. The van der Waals surface area contributed by atoms with Crippen molar-refractivity contribution >= 4 is 55.9 Å². The van der Waals surface area contributed by atoms with Crippen LogP contribution in [0.5, 0.6) is 0 Å². The van der Waals surface area contributed by atoms with Crippen molar-refractivity contribution in [3.8, 4) is 17.2 Å². The Morgan fingerprint density at radius 2 is 1.81 bits per heavy atom. The molecule has 3 fully saturated rings. The van der Waals surface area contributed by atoms with Crippen molar-refractivity contribution in [1.82, 2.24) is 19.4 Å². The van der Waals surface area contributed by atoms with Crippen LogP contribution >= 0.6 is 22.9 Å². The molecule has 216 valence electrons. The van der Waals surface area contributed by atoms with E-state index in [-0.39, 0.29) is 35.6 Å². The van der Waals surface area contributed by atoms with Crippen LogP contribution in [0.1, 0.15) is 45.4 Å². The molecule has 7 rings (SSSR count). The Balaban J connectivity index is 1.25. The van der Waals surface area contributed by atoms with Gasteiger partial charge in [0, 0.05) is 51.4 Å². The number of hydrogen-bond donors (Lipinski definition) is 0. The zero-order chi connectivity index (χ0) is 29.6. The van der Waals surface area contributed by atoms with Gasteiger partial charge in [-0.1, -0.05) is 25.4 Å². The largest absolute Gasteiger partial charge is 0.345 e. The number of fused-ring (bicyclic) bond motifs is 3. The summed E-state index contributed by atoms with van der Waals surface area (Å²) in [4.78, 5) is 35.4. The van der Waals surface area contributed by atoms with Gasteiger partial charge in [-0.05, 0) is 75.5 Å². The number of carbonyl (C=O) groups excluding carboxylic acids is 2. The number of hydrogen-bond acceptors (Lipinski definition) is 6. The van der Waals surface area contributed by atoms with Crippen molar-refractivity contribution in [3.63, 3.8) is 0 Å². The number of amides is 2. The van der Waals surface area contributed by atoms with Gasteiger partial charge in [-0.15, -0.1) is 11.3 Å². The lowest BCUT2D eigenvalue weighted by Gasteiger charge is -2.39. The second-order valence-electron chi connectivity index (χ2n) is 13.2. The van der Waals surface area contributed by atoms with Gasteiger partial charge in [0.15, 0.2) is 0 Å². The molecule has 2 unspecified atom stereocenters. The lowest BCUT2D eigenvalue weighted by atomic mass is 9.79. The predicted molar refractivity (Wildman–Crippen MR) is 166 cm³/mol. The third-order valence-corrected chi connectivity index (χ3v) is 11.3. The summed E-state index contributed by atoms with van der Waals surface area (Å²) < 4.78 is 3.22. The van der Waals surface area contributed by atoms with Gasteiger partial charge in [0.05, 0.1) is 45.6 Å². The molecule has 1 saturated carbocycles. The number of imide groups is 1. The van der Waals surface area contributed by atoms with E-state index in [9.17, 15) is 14.9 Å². The molecule has 2 saturated heterocycles. The van der Waals surface area contributed by atoms with E-state index in [4.69, 9.17) is 11.6 Å². The number of carbonyl (C=O) groups is 2. The van der Waals surface area contributed by atoms with E-state index in [0.717, 1.165) is 63.1 Å². The summed E-state index contributed by atoms with van der Waals surface area (Å²) >= 11 is 8.23. The number of halogens is 1. The van der Waals surface area contributed by atoms with Crippen LogP contribution in [-0.2, 0) is 22.7 Å². The molecule has 42 heavy (non-hydrogen) atoms. The first-order valence-corrected chi connectivity index (χ1v) is 15.9. The van der Waals surface area contributed by atoms with E-state index in [1.54, 1.807) is 17.5 Å². The summed E-state index contributed by atoms with van der Waals surface area (Å²) in [6.07, 6.45) is 5.56. The highest BCUT2D eigenvalue weighted by Gasteiger charge is 2.72. The molecule has 2 amide bonds. The molecule has 2 aliphatic heterocycles. The van der Waals surface area contributed by atoms with Crippen LogP contribution in [0.2, 0.25) is 5.02 Å². The normalized spacial score (nSPS) is 23.2. The van der Waals surface area contributed by atoms with Crippen molar-refractivity contribution in [2.45, 2.75) is 59.7 Å². The minimum Gasteiger partial charge on any atom is -0.345 e. The highest BCUT2D eigenvalue weighted by Crippen LogP contribution is 2.63. The standard InChI is InChI=1S/C33H34ClN5O2S/c1-19(2)37-11-7-33(17-35,8-12-37)18-38-10-6-20-13-21(34)14-24(28(20)38)23-5-9-36-25-15-22(42-29(23)25)16-39-30(40)26-27(31(39)41)32(26,3)4/h5-6,9-10,13-15,19,26-27H,7-8,11-12,16,18H2,1-4H3. The van der Waals surface area contributed by atoms with Crippen molar-refractivity contribution in [2.75, 3.05) is 13.1 Å². The summed E-state index contributed by atoms with van der Waals surface area (Å²) in [5.74, 6) is -0.480. The SMILES string of the molecule is CC(C)N1CCC(C#N)(Cn2ccc3cc(Cl)cc(-c4ccnc5cc(CN6C(=O)C7C(C6=O)C7(C)C)sc45)c32)CC1. The molecule has 0 bridgehead atoms. The van der Waals surface area contributed by atoms with Gasteiger partial charge in [0.1, 0.15) is 0 Å². The minimum absolute atomic E-state index is 0.0549. The average molecular weight is 600 g/mol. The maximum atomic E-state index is 13.0. The molecule has 7 nitrogen and oxygen atoms in total. The van der Waals surface area contributed by atoms with E-state index < -0.39 is 5.41 Å². The maximum Gasteiger partial charge on any atom is 0.234 e. The Morgan fingerprint density at radius 3 is 2.48 bits per heavy atom. The predicted octanol–water partition coefficient (Wildman–Crippen LogP) is 6.73. The quantitative estimate of drug-likeness (QED) is 0.230. The highest BCUT2D eigenvalue weighted by atomic mass is 35.5. The topological polar surface area (TPSA) is 82.2 Å². The first kappa shape index (κ1) is 27.6. The van der Waals surface area contributed by atoms with Gasteiger partial charge in [0.2, 0.25) is 11.8 Å². The number of nitrogens with zero attached hydrogens (tertiary/aromatic N) is 5. The summed E-state index contributed by atoms with van der Waals surface area (Å²) in [6.45, 7) is 11.2. The summed E-state index contributed by atoms with van der Waals surface area (Å²) in [5, 5.41) is 12.0. The van der Waals surface area contributed by atoms with Crippen LogP contribution < -0.4 is 0 Å². The molecule has 9 heteroatoms. The summed E-state index contributed by atoms with van der Waals surface area (Å²) in [7, 11) is 0. The van der Waals surface area contributed by atoms with Crippen molar-refractivity contribution in [1.29, 1.82) is 5.26 Å². The number of pyridine rings is 1. The van der Waals surface area contributed by atoms with E-state index in [1.807, 2.05) is 38.1 Å². The zero-order valence-corrected chi connectivity index (χ0v) is 25.9. The Hall–Kier alpha value is -3.25. The zero-order valence-electron chi connectivity index (χ0n) is 24.4. The molecule has 5 heterocycles. The van der Waals surface area contributed by atoms with Crippen molar-refractivity contribution in [3.05, 3.63) is 52.6 Å². The fraction of sp³-hybridized carbons (Fsp3) is 0.455. The minimum atomic E-state index is -0.429. The van der Waals surface area contributed by atoms with Gasteiger partial charge in [-0.2, -0.15) is 5.26 Å². The van der Waals surface area contributed by atoms with E-state index in [0.29, 0.717) is 17.6 Å². The van der Waals surface area contributed by atoms with Gasteiger partial charge < -0.3 is 9.47 Å².